The highest BCUT2D eigenvalue weighted by Gasteiger charge is 2.38. The van der Waals surface area contributed by atoms with Crippen LogP contribution in [0.15, 0.2) is 0 Å². The van der Waals surface area contributed by atoms with E-state index in [2.05, 4.69) is 4.90 Å². The molecule has 21 heavy (non-hydrogen) atoms. The van der Waals surface area contributed by atoms with Crippen LogP contribution < -0.4 is 0 Å². The number of amides is 1. The number of carbonyl (C=O) groups is 2. The molecule has 6 nitrogen and oxygen atoms in total. The molecular formula is C15H26N2O4. The predicted molar refractivity (Wildman–Crippen MR) is 78.2 cm³/mol. The summed E-state index contributed by atoms with van der Waals surface area (Å²) < 4.78 is 5.38. The Labute approximate surface area is 126 Å². The zero-order valence-corrected chi connectivity index (χ0v) is 13.2. The Hall–Kier alpha value is -1.30. The van der Waals surface area contributed by atoms with Crippen LogP contribution in [-0.4, -0.2) is 64.3 Å². The lowest BCUT2D eigenvalue weighted by Gasteiger charge is -2.37. The zero-order valence-electron chi connectivity index (χ0n) is 13.2. The van der Waals surface area contributed by atoms with Crippen LogP contribution in [-0.2, 0) is 9.53 Å². The minimum absolute atomic E-state index is 0.138. The van der Waals surface area contributed by atoms with E-state index in [0.29, 0.717) is 19.5 Å². The molecule has 0 bridgehead atoms. The van der Waals surface area contributed by atoms with Crippen LogP contribution in [0.3, 0.4) is 0 Å². The number of carbonyl (C=O) groups excluding carboxylic acids is 1. The molecule has 0 aromatic carbocycles. The molecule has 2 atom stereocenters. The van der Waals surface area contributed by atoms with Gasteiger partial charge in [-0.1, -0.05) is 6.42 Å². The molecule has 0 aromatic rings. The highest BCUT2D eigenvalue weighted by Crippen LogP contribution is 2.26. The normalized spacial score (nSPS) is 27.7. The van der Waals surface area contributed by atoms with Crippen molar-refractivity contribution in [2.45, 2.75) is 64.1 Å². The molecule has 0 aromatic heterocycles. The Bertz CT molecular complexity index is 405. The number of nitrogens with zero attached hydrogens (tertiary/aromatic N) is 2. The summed E-state index contributed by atoms with van der Waals surface area (Å²) in [5, 5.41) is 9.35. The van der Waals surface area contributed by atoms with Gasteiger partial charge in [0.1, 0.15) is 11.6 Å². The molecule has 2 saturated heterocycles. The van der Waals surface area contributed by atoms with E-state index in [4.69, 9.17) is 4.74 Å². The maximum absolute atomic E-state index is 12.1. The minimum atomic E-state index is -0.745. The topological polar surface area (TPSA) is 70.1 Å². The number of hydrogen-bond acceptors (Lipinski definition) is 4. The number of carboxylic acids is 1. The van der Waals surface area contributed by atoms with Gasteiger partial charge in [-0.15, -0.1) is 0 Å². The van der Waals surface area contributed by atoms with Crippen molar-refractivity contribution >= 4 is 12.1 Å². The number of piperidine rings is 1. The van der Waals surface area contributed by atoms with Gasteiger partial charge in [-0.3, -0.25) is 9.69 Å². The average molecular weight is 298 g/mol. The Balaban J connectivity index is 1.95. The first-order valence-corrected chi connectivity index (χ1v) is 7.74. The highest BCUT2D eigenvalue weighted by atomic mass is 16.6. The smallest absolute Gasteiger partial charge is 0.410 e. The lowest BCUT2D eigenvalue weighted by molar-refractivity contribution is -0.145. The maximum Gasteiger partial charge on any atom is 0.410 e. The molecule has 0 radical (unpaired) electrons. The van der Waals surface area contributed by atoms with E-state index in [1.54, 1.807) is 4.90 Å². The molecule has 0 spiro atoms. The van der Waals surface area contributed by atoms with Gasteiger partial charge in [-0.2, -0.15) is 0 Å². The standard InChI is InChI=1S/C15H26N2O4/c1-15(2,3)21-14(20)16-9-7-11(10-16)17-8-5-4-6-12(17)13(18)19/h11-12H,4-10H2,1-3H3,(H,18,19)/t11-,12-/m1/s1. The number of rotatable bonds is 2. The van der Waals surface area contributed by atoms with Gasteiger partial charge in [0.25, 0.3) is 0 Å². The van der Waals surface area contributed by atoms with E-state index in [0.717, 1.165) is 25.8 Å². The average Bonchev–Trinajstić information content (AvgIpc) is 2.86. The van der Waals surface area contributed by atoms with Crippen LogP contribution in [0.4, 0.5) is 4.79 Å². The van der Waals surface area contributed by atoms with E-state index in [9.17, 15) is 14.7 Å². The van der Waals surface area contributed by atoms with E-state index in [1.165, 1.54) is 0 Å². The van der Waals surface area contributed by atoms with E-state index < -0.39 is 17.6 Å². The molecule has 0 saturated carbocycles. The van der Waals surface area contributed by atoms with Crippen molar-refractivity contribution in [2.24, 2.45) is 0 Å². The van der Waals surface area contributed by atoms with Crippen LogP contribution in [0.5, 0.6) is 0 Å². The van der Waals surface area contributed by atoms with E-state index >= 15 is 0 Å². The third-order valence-electron chi connectivity index (χ3n) is 4.11. The summed E-state index contributed by atoms with van der Waals surface area (Å²) in [6.07, 6.45) is 3.23. The molecule has 0 aliphatic carbocycles. The molecule has 120 valence electrons. The van der Waals surface area contributed by atoms with Crippen LogP contribution in [0.25, 0.3) is 0 Å². The summed E-state index contributed by atoms with van der Waals surface area (Å²) in [7, 11) is 0. The molecule has 6 heteroatoms. The van der Waals surface area contributed by atoms with Crippen LogP contribution >= 0.6 is 0 Å². The lowest BCUT2D eigenvalue weighted by atomic mass is 9.99. The van der Waals surface area contributed by atoms with Crippen molar-refractivity contribution in [3.05, 3.63) is 0 Å². The van der Waals surface area contributed by atoms with Crippen molar-refractivity contribution in [2.75, 3.05) is 19.6 Å². The number of hydrogen-bond donors (Lipinski definition) is 1. The Morgan fingerprint density at radius 3 is 2.48 bits per heavy atom. The second-order valence-electron chi connectivity index (χ2n) is 6.96. The van der Waals surface area contributed by atoms with Gasteiger partial charge in [-0.25, -0.2) is 4.79 Å². The quantitative estimate of drug-likeness (QED) is 0.843. The largest absolute Gasteiger partial charge is 0.480 e. The first kappa shape index (κ1) is 16.1. The Kier molecular flexibility index (Phi) is 4.76. The monoisotopic (exact) mass is 298 g/mol. The summed E-state index contributed by atoms with van der Waals surface area (Å²) in [5.74, 6) is -0.745. The molecule has 2 rings (SSSR count). The third kappa shape index (κ3) is 4.09. The molecule has 2 aliphatic heterocycles. The number of aliphatic carboxylic acids is 1. The molecular weight excluding hydrogens is 272 g/mol. The third-order valence-corrected chi connectivity index (χ3v) is 4.11. The van der Waals surface area contributed by atoms with Gasteiger partial charge in [-0.05, 0) is 46.6 Å². The Morgan fingerprint density at radius 1 is 1.14 bits per heavy atom. The van der Waals surface area contributed by atoms with Crippen molar-refractivity contribution in [3.8, 4) is 0 Å². The predicted octanol–water partition coefficient (Wildman–Crippen LogP) is 1.93. The van der Waals surface area contributed by atoms with Crippen LogP contribution in [0, 0.1) is 0 Å². The SMILES string of the molecule is CC(C)(C)OC(=O)N1CC[C@@H](N2CCCC[C@@H]2C(=O)O)C1. The van der Waals surface area contributed by atoms with Crippen LogP contribution in [0.2, 0.25) is 0 Å². The van der Waals surface area contributed by atoms with Crippen molar-refractivity contribution in [1.82, 2.24) is 9.80 Å². The minimum Gasteiger partial charge on any atom is -0.480 e. The molecule has 2 aliphatic rings. The second kappa shape index (κ2) is 6.22. The second-order valence-corrected chi connectivity index (χ2v) is 6.96. The molecule has 1 N–H and O–H groups in total. The van der Waals surface area contributed by atoms with Gasteiger partial charge < -0.3 is 14.7 Å². The van der Waals surface area contributed by atoms with Gasteiger partial charge in [0.2, 0.25) is 0 Å². The fourth-order valence-electron chi connectivity index (χ4n) is 3.16. The Morgan fingerprint density at radius 2 is 1.86 bits per heavy atom. The fraction of sp³-hybridized carbons (Fsp3) is 0.867. The highest BCUT2D eigenvalue weighted by molar-refractivity contribution is 5.73. The van der Waals surface area contributed by atoms with Crippen LogP contribution in [0.1, 0.15) is 46.5 Å². The van der Waals surface area contributed by atoms with Gasteiger partial charge in [0.05, 0.1) is 0 Å². The summed E-state index contributed by atoms with van der Waals surface area (Å²) >= 11 is 0. The summed E-state index contributed by atoms with van der Waals surface area (Å²) in [6.45, 7) is 7.57. The molecule has 1 amide bonds. The summed E-state index contributed by atoms with van der Waals surface area (Å²) in [6, 6.07) is -0.263. The summed E-state index contributed by atoms with van der Waals surface area (Å²) in [4.78, 5) is 27.2. The first-order chi connectivity index (χ1) is 9.78. The van der Waals surface area contributed by atoms with E-state index in [-0.39, 0.29) is 12.1 Å². The molecule has 2 fully saturated rings. The number of carboxylic acid groups (broad SMARTS) is 1. The maximum atomic E-state index is 12.1. The van der Waals surface area contributed by atoms with Crippen molar-refractivity contribution in [3.63, 3.8) is 0 Å². The number of likely N-dealkylation sites (tertiary alicyclic amines) is 2. The van der Waals surface area contributed by atoms with Gasteiger partial charge >= 0.3 is 12.1 Å². The summed E-state index contributed by atoms with van der Waals surface area (Å²) in [5.41, 5.74) is -0.496. The van der Waals surface area contributed by atoms with Crippen molar-refractivity contribution in [1.29, 1.82) is 0 Å². The van der Waals surface area contributed by atoms with Gasteiger partial charge in [0.15, 0.2) is 0 Å². The molecule has 2 heterocycles. The lowest BCUT2D eigenvalue weighted by Crippen LogP contribution is -2.51. The fourth-order valence-corrected chi connectivity index (χ4v) is 3.16. The van der Waals surface area contributed by atoms with Crippen molar-refractivity contribution < 1.29 is 19.4 Å². The van der Waals surface area contributed by atoms with E-state index in [1.807, 2.05) is 20.8 Å². The number of ether oxygens (including phenoxy) is 1. The molecule has 0 unspecified atom stereocenters. The van der Waals surface area contributed by atoms with Gasteiger partial charge in [0, 0.05) is 19.1 Å². The zero-order chi connectivity index (χ0) is 15.6. The first-order valence-electron chi connectivity index (χ1n) is 7.74.